The van der Waals surface area contributed by atoms with Crippen molar-refractivity contribution in [1.29, 1.82) is 0 Å². The Morgan fingerprint density at radius 2 is 1.41 bits per heavy atom. The topological polar surface area (TPSA) is 30.8 Å². The molecule has 0 saturated carbocycles. The fourth-order valence-electron chi connectivity index (χ4n) is 3.02. The van der Waals surface area contributed by atoms with Crippen molar-refractivity contribution in [3.63, 3.8) is 0 Å². The van der Waals surface area contributed by atoms with Crippen LogP contribution in [0.5, 0.6) is 11.5 Å². The van der Waals surface area contributed by atoms with Gasteiger partial charge in [-0.05, 0) is 45.9 Å². The van der Waals surface area contributed by atoms with Gasteiger partial charge in [-0.2, -0.15) is 0 Å². The summed E-state index contributed by atoms with van der Waals surface area (Å²) in [4.78, 5) is 4.60. The van der Waals surface area contributed by atoms with Crippen LogP contribution in [0.4, 0.5) is 0 Å². The van der Waals surface area contributed by atoms with Gasteiger partial charge >= 0.3 is 0 Å². The number of aliphatic imine (C=N–C) groups is 1. The van der Waals surface area contributed by atoms with Crippen molar-refractivity contribution < 1.29 is 9.47 Å². The van der Waals surface area contributed by atoms with Gasteiger partial charge < -0.3 is 9.47 Å². The Balaban J connectivity index is 1.62. The lowest BCUT2D eigenvalue weighted by molar-refractivity contribution is 0.290. The van der Waals surface area contributed by atoms with Crippen LogP contribution < -0.4 is 9.47 Å². The lowest BCUT2D eigenvalue weighted by Gasteiger charge is -2.16. The van der Waals surface area contributed by atoms with E-state index in [1.54, 1.807) is 0 Å². The predicted molar refractivity (Wildman–Crippen MR) is 127 cm³/mol. The summed E-state index contributed by atoms with van der Waals surface area (Å²) in [5, 5.41) is 0.543. The Morgan fingerprint density at radius 1 is 0.828 bits per heavy atom. The molecule has 0 bridgehead atoms. The first kappa shape index (κ1) is 20.0. The molecular formula is C24H19ClINO2. The fourth-order valence-corrected chi connectivity index (χ4v) is 3.90. The first-order valence-corrected chi connectivity index (χ1v) is 10.7. The average Bonchev–Trinajstić information content (AvgIpc) is 3.19. The molecule has 3 nitrogen and oxygen atoms in total. The zero-order valence-corrected chi connectivity index (χ0v) is 18.6. The summed E-state index contributed by atoms with van der Waals surface area (Å²) in [7, 11) is 0. The number of halogens is 2. The first-order chi connectivity index (χ1) is 14.2. The number of nitrogens with zero attached hydrogens (tertiary/aromatic N) is 1. The molecule has 1 aliphatic rings. The van der Waals surface area contributed by atoms with Gasteiger partial charge in [0.2, 0.25) is 0 Å². The van der Waals surface area contributed by atoms with Gasteiger partial charge in [-0.15, -0.1) is 0 Å². The molecule has 3 aromatic rings. The van der Waals surface area contributed by atoms with Gasteiger partial charge in [0.1, 0.15) is 24.7 Å². The Hall–Kier alpha value is -2.31. The van der Waals surface area contributed by atoms with Gasteiger partial charge in [0, 0.05) is 15.2 Å². The van der Waals surface area contributed by atoms with Crippen LogP contribution in [0.15, 0.2) is 87.4 Å². The number of hydrogen-bond acceptors (Lipinski definition) is 3. The predicted octanol–water partition coefficient (Wildman–Crippen LogP) is 6.62. The maximum absolute atomic E-state index is 6.55. The van der Waals surface area contributed by atoms with Crippen LogP contribution >= 0.6 is 34.2 Å². The van der Waals surface area contributed by atoms with E-state index in [-0.39, 0.29) is 0 Å². The molecule has 0 aromatic heterocycles. The minimum atomic E-state index is 0.441. The van der Waals surface area contributed by atoms with Crippen molar-refractivity contribution >= 4 is 39.9 Å². The van der Waals surface area contributed by atoms with Crippen molar-refractivity contribution in [2.75, 3.05) is 6.54 Å². The van der Waals surface area contributed by atoms with E-state index >= 15 is 0 Å². The van der Waals surface area contributed by atoms with Gasteiger partial charge in [0.05, 0.1) is 17.3 Å². The summed E-state index contributed by atoms with van der Waals surface area (Å²) >= 11 is 8.85. The van der Waals surface area contributed by atoms with Gasteiger partial charge in [0.15, 0.2) is 0 Å². The zero-order chi connectivity index (χ0) is 20.1. The van der Waals surface area contributed by atoms with Gasteiger partial charge in [0.25, 0.3) is 0 Å². The van der Waals surface area contributed by atoms with E-state index in [0.29, 0.717) is 36.3 Å². The molecule has 0 atom stereocenters. The number of benzene rings is 3. The van der Waals surface area contributed by atoms with Crippen LogP contribution in [-0.2, 0) is 13.2 Å². The van der Waals surface area contributed by atoms with Crippen LogP contribution in [0.25, 0.3) is 0 Å². The highest BCUT2D eigenvalue weighted by atomic mass is 127. The third-order valence-corrected chi connectivity index (χ3v) is 5.76. The second-order valence-corrected chi connectivity index (χ2v) is 8.14. The SMILES string of the molecule is Clc1cc(C2=NCC=C2I)c(OCc2ccccc2)cc1OCc1ccccc1. The Morgan fingerprint density at radius 3 is 1.97 bits per heavy atom. The average molecular weight is 516 g/mol. The number of hydrogen-bond donors (Lipinski definition) is 0. The third kappa shape index (κ3) is 5.00. The van der Waals surface area contributed by atoms with Crippen LogP contribution in [-0.4, -0.2) is 12.3 Å². The largest absolute Gasteiger partial charge is 0.488 e. The molecule has 1 aliphatic heterocycles. The maximum atomic E-state index is 6.55. The Labute approximate surface area is 189 Å². The fraction of sp³-hybridized carbons (Fsp3) is 0.125. The molecule has 3 aromatic carbocycles. The van der Waals surface area contributed by atoms with E-state index < -0.39 is 0 Å². The number of allylic oxidation sites excluding steroid dienone is 1. The highest BCUT2D eigenvalue weighted by Crippen LogP contribution is 2.37. The molecule has 146 valence electrons. The van der Waals surface area contributed by atoms with E-state index in [9.17, 15) is 0 Å². The molecule has 0 radical (unpaired) electrons. The van der Waals surface area contributed by atoms with Crippen molar-refractivity contribution in [3.8, 4) is 11.5 Å². The molecule has 4 rings (SSSR count). The lowest BCUT2D eigenvalue weighted by Crippen LogP contribution is -2.06. The van der Waals surface area contributed by atoms with Gasteiger partial charge in [-0.1, -0.05) is 72.3 Å². The van der Waals surface area contributed by atoms with Crippen LogP contribution in [0.3, 0.4) is 0 Å². The summed E-state index contributed by atoms with van der Waals surface area (Å²) in [6, 6.07) is 23.8. The molecule has 0 amide bonds. The standard InChI is InChI=1S/C24H19ClINO2/c25-20-13-19(24-21(26)11-12-27-24)22(28-15-17-7-3-1-4-8-17)14-23(20)29-16-18-9-5-2-6-10-18/h1-11,13-14H,12,15-16H2. The van der Waals surface area contributed by atoms with E-state index in [1.807, 2.05) is 72.8 Å². The molecule has 0 aliphatic carbocycles. The number of ether oxygens (including phenoxy) is 2. The van der Waals surface area contributed by atoms with Crippen molar-refractivity contribution in [3.05, 3.63) is 104 Å². The highest BCUT2D eigenvalue weighted by Gasteiger charge is 2.20. The molecule has 0 saturated heterocycles. The second-order valence-electron chi connectivity index (χ2n) is 6.57. The Kier molecular flexibility index (Phi) is 6.52. The zero-order valence-electron chi connectivity index (χ0n) is 15.6. The molecule has 0 N–H and O–H groups in total. The minimum absolute atomic E-state index is 0.441. The molecule has 1 heterocycles. The molecule has 5 heteroatoms. The monoisotopic (exact) mass is 515 g/mol. The summed E-state index contributed by atoms with van der Waals surface area (Å²) < 4.78 is 13.3. The van der Waals surface area contributed by atoms with Crippen LogP contribution in [0, 0.1) is 0 Å². The molecular weight excluding hydrogens is 497 g/mol. The summed E-state index contributed by atoms with van der Waals surface area (Å²) in [5.74, 6) is 1.31. The van der Waals surface area contributed by atoms with Gasteiger partial charge in [-0.3, -0.25) is 4.99 Å². The van der Waals surface area contributed by atoms with E-state index in [2.05, 4.69) is 33.7 Å². The van der Waals surface area contributed by atoms with E-state index in [0.717, 1.165) is 26.0 Å². The molecule has 0 unspecified atom stereocenters. The normalized spacial score (nSPS) is 13.0. The smallest absolute Gasteiger partial charge is 0.142 e. The van der Waals surface area contributed by atoms with Gasteiger partial charge in [-0.25, -0.2) is 0 Å². The quantitative estimate of drug-likeness (QED) is 0.331. The minimum Gasteiger partial charge on any atom is -0.488 e. The lowest BCUT2D eigenvalue weighted by atomic mass is 10.1. The summed E-state index contributed by atoms with van der Waals surface area (Å²) in [5.41, 5.74) is 3.97. The van der Waals surface area contributed by atoms with E-state index in [4.69, 9.17) is 21.1 Å². The van der Waals surface area contributed by atoms with Crippen LogP contribution in [0.2, 0.25) is 5.02 Å². The molecule has 0 spiro atoms. The van der Waals surface area contributed by atoms with Crippen LogP contribution in [0.1, 0.15) is 16.7 Å². The second kappa shape index (κ2) is 9.46. The van der Waals surface area contributed by atoms with E-state index in [1.165, 1.54) is 0 Å². The summed E-state index contributed by atoms with van der Waals surface area (Å²) in [6.07, 6.45) is 2.09. The van der Waals surface area contributed by atoms with Crippen molar-refractivity contribution in [2.24, 2.45) is 4.99 Å². The molecule has 29 heavy (non-hydrogen) atoms. The maximum Gasteiger partial charge on any atom is 0.142 e. The highest BCUT2D eigenvalue weighted by molar-refractivity contribution is 14.1. The third-order valence-electron chi connectivity index (χ3n) is 4.51. The first-order valence-electron chi connectivity index (χ1n) is 9.28. The number of rotatable bonds is 7. The van der Waals surface area contributed by atoms with Crippen molar-refractivity contribution in [1.82, 2.24) is 0 Å². The molecule has 0 fully saturated rings. The van der Waals surface area contributed by atoms with Crippen molar-refractivity contribution in [2.45, 2.75) is 13.2 Å². The Bertz CT molecular complexity index is 1050. The summed E-state index contributed by atoms with van der Waals surface area (Å²) in [6.45, 7) is 1.58.